The molecule has 114 valence electrons. The van der Waals surface area contributed by atoms with E-state index < -0.39 is 10.0 Å². The normalized spacial score (nSPS) is 18.6. The van der Waals surface area contributed by atoms with Crippen molar-refractivity contribution in [1.29, 1.82) is 0 Å². The van der Waals surface area contributed by atoms with Crippen LogP contribution in [0.1, 0.15) is 18.7 Å². The Hall–Kier alpha value is -0.440. The fourth-order valence-corrected chi connectivity index (χ4v) is 3.91. The lowest BCUT2D eigenvalue weighted by Crippen LogP contribution is -2.41. The van der Waals surface area contributed by atoms with Crippen molar-refractivity contribution >= 4 is 26.0 Å². The van der Waals surface area contributed by atoms with Crippen molar-refractivity contribution in [2.24, 2.45) is 7.05 Å². The van der Waals surface area contributed by atoms with Crippen molar-refractivity contribution in [2.45, 2.75) is 30.9 Å². The number of ether oxygens (including phenoxy) is 1. The number of imidazole rings is 1. The second-order valence-electron chi connectivity index (χ2n) is 4.90. The number of aromatic nitrogens is 2. The van der Waals surface area contributed by atoms with Gasteiger partial charge in [0, 0.05) is 31.7 Å². The number of alkyl halides is 1. The van der Waals surface area contributed by atoms with E-state index in [1.54, 1.807) is 24.7 Å². The molecule has 2 rings (SSSR count). The summed E-state index contributed by atoms with van der Waals surface area (Å²) in [5.41, 5.74) is 0. The summed E-state index contributed by atoms with van der Waals surface area (Å²) in [6.07, 6.45) is 3.19. The number of hydrogen-bond acceptors (Lipinski definition) is 4. The van der Waals surface area contributed by atoms with Gasteiger partial charge < -0.3 is 9.30 Å². The molecule has 8 heteroatoms. The number of nitrogens with zero attached hydrogens (tertiary/aromatic N) is 3. The lowest BCUT2D eigenvalue weighted by atomic mass is 10.1. The Balaban J connectivity index is 2.02. The Morgan fingerprint density at radius 1 is 1.45 bits per heavy atom. The predicted octanol–water partition coefficient (Wildman–Crippen LogP) is 1.29. The predicted molar refractivity (Wildman–Crippen MR) is 79.5 cm³/mol. The average Bonchev–Trinajstić information content (AvgIpc) is 2.77. The number of piperidine rings is 1. The van der Waals surface area contributed by atoms with Gasteiger partial charge in [-0.2, -0.15) is 4.31 Å². The van der Waals surface area contributed by atoms with E-state index in [1.165, 1.54) is 4.31 Å². The van der Waals surface area contributed by atoms with Crippen LogP contribution in [-0.4, -0.2) is 53.4 Å². The molecule has 0 saturated carbocycles. The van der Waals surface area contributed by atoms with Crippen molar-refractivity contribution in [2.75, 3.05) is 25.0 Å². The third-order valence-electron chi connectivity index (χ3n) is 3.52. The van der Waals surface area contributed by atoms with Crippen molar-refractivity contribution in [1.82, 2.24) is 13.9 Å². The van der Waals surface area contributed by atoms with E-state index in [9.17, 15) is 8.42 Å². The quantitative estimate of drug-likeness (QED) is 0.737. The Morgan fingerprint density at radius 3 is 2.60 bits per heavy atom. The van der Waals surface area contributed by atoms with Gasteiger partial charge in [-0.25, -0.2) is 13.4 Å². The summed E-state index contributed by atoms with van der Waals surface area (Å²) in [5, 5.41) is 0.941. The molecule has 0 aliphatic carbocycles. The molecule has 1 saturated heterocycles. The molecular weight excluding hydrogens is 346 g/mol. The second-order valence-corrected chi connectivity index (χ2v) is 7.58. The third-order valence-corrected chi connectivity index (χ3v) is 5.62. The Labute approximate surface area is 128 Å². The Kier molecular flexibility index (Phi) is 5.22. The smallest absolute Gasteiger partial charge is 0.262 e. The molecule has 0 unspecified atom stereocenters. The minimum absolute atomic E-state index is 0.136. The van der Waals surface area contributed by atoms with Gasteiger partial charge in [0.15, 0.2) is 5.03 Å². The summed E-state index contributed by atoms with van der Waals surface area (Å²) in [6.45, 7) is 3.44. The molecule has 0 atom stereocenters. The monoisotopic (exact) mass is 365 g/mol. The lowest BCUT2D eigenvalue weighted by Gasteiger charge is -2.30. The minimum Gasteiger partial charge on any atom is -0.377 e. The van der Waals surface area contributed by atoms with Gasteiger partial charge >= 0.3 is 0 Å². The highest BCUT2D eigenvalue weighted by atomic mass is 79.9. The van der Waals surface area contributed by atoms with E-state index in [0.29, 0.717) is 25.5 Å². The molecule has 0 amide bonds. The molecule has 1 fully saturated rings. The van der Waals surface area contributed by atoms with E-state index >= 15 is 0 Å². The highest BCUT2D eigenvalue weighted by Crippen LogP contribution is 2.21. The zero-order valence-corrected chi connectivity index (χ0v) is 14.2. The second kappa shape index (κ2) is 6.55. The largest absolute Gasteiger partial charge is 0.377 e. The fourth-order valence-electron chi connectivity index (χ4n) is 2.23. The van der Waals surface area contributed by atoms with Crippen LogP contribution < -0.4 is 0 Å². The standard InChI is InChI=1S/C12H20BrN3O3S/c1-10-14-12(9-15(10)2)20(17,18)16-6-3-11(4-7-16)19-8-5-13/h9,11H,3-8H2,1-2H3. The summed E-state index contributed by atoms with van der Waals surface area (Å²) < 4.78 is 33.8. The summed E-state index contributed by atoms with van der Waals surface area (Å²) in [5.74, 6) is 0.694. The summed E-state index contributed by atoms with van der Waals surface area (Å²) in [7, 11) is -1.68. The van der Waals surface area contributed by atoms with Gasteiger partial charge in [-0.1, -0.05) is 15.9 Å². The van der Waals surface area contributed by atoms with E-state index in [2.05, 4.69) is 20.9 Å². The van der Waals surface area contributed by atoms with Crippen molar-refractivity contribution in [3.05, 3.63) is 12.0 Å². The number of rotatable bonds is 5. The first-order valence-electron chi connectivity index (χ1n) is 6.63. The summed E-state index contributed by atoms with van der Waals surface area (Å²) in [6, 6.07) is 0. The maximum Gasteiger partial charge on any atom is 0.262 e. The SMILES string of the molecule is Cc1nc(S(=O)(=O)N2CCC(OCCBr)CC2)cn1C. The first-order valence-corrected chi connectivity index (χ1v) is 9.19. The zero-order chi connectivity index (χ0) is 14.8. The molecular formula is C12H20BrN3O3S. The molecule has 0 aromatic carbocycles. The van der Waals surface area contributed by atoms with Crippen LogP contribution in [0, 0.1) is 6.92 Å². The molecule has 1 aromatic heterocycles. The molecule has 6 nitrogen and oxygen atoms in total. The van der Waals surface area contributed by atoms with Crippen molar-refractivity contribution < 1.29 is 13.2 Å². The van der Waals surface area contributed by atoms with Gasteiger partial charge in [0.25, 0.3) is 10.0 Å². The highest BCUT2D eigenvalue weighted by Gasteiger charge is 2.31. The minimum atomic E-state index is -3.47. The molecule has 0 N–H and O–H groups in total. The third kappa shape index (κ3) is 3.41. The van der Waals surface area contributed by atoms with Gasteiger partial charge in [0.05, 0.1) is 12.7 Å². The van der Waals surface area contributed by atoms with Gasteiger partial charge in [0.2, 0.25) is 0 Å². The van der Waals surface area contributed by atoms with E-state index in [-0.39, 0.29) is 11.1 Å². The maximum atomic E-state index is 12.5. The zero-order valence-electron chi connectivity index (χ0n) is 11.7. The molecule has 1 aliphatic rings. The van der Waals surface area contributed by atoms with Crippen LogP contribution in [0.25, 0.3) is 0 Å². The topological polar surface area (TPSA) is 64.4 Å². The Morgan fingerprint density at radius 2 is 2.10 bits per heavy atom. The number of halogens is 1. The van der Waals surface area contributed by atoms with Gasteiger partial charge in [0.1, 0.15) is 5.82 Å². The molecule has 1 aliphatic heterocycles. The van der Waals surface area contributed by atoms with Crippen LogP contribution in [0.2, 0.25) is 0 Å². The molecule has 20 heavy (non-hydrogen) atoms. The van der Waals surface area contributed by atoms with Crippen LogP contribution in [0.4, 0.5) is 0 Å². The van der Waals surface area contributed by atoms with Crippen LogP contribution in [0.3, 0.4) is 0 Å². The fraction of sp³-hybridized carbons (Fsp3) is 0.750. The highest BCUT2D eigenvalue weighted by molar-refractivity contribution is 9.09. The number of sulfonamides is 1. The number of hydrogen-bond donors (Lipinski definition) is 0. The van der Waals surface area contributed by atoms with Crippen LogP contribution in [0.5, 0.6) is 0 Å². The van der Waals surface area contributed by atoms with Gasteiger partial charge in [-0.05, 0) is 19.8 Å². The molecule has 1 aromatic rings. The van der Waals surface area contributed by atoms with Crippen LogP contribution >= 0.6 is 15.9 Å². The van der Waals surface area contributed by atoms with E-state index in [0.717, 1.165) is 18.2 Å². The summed E-state index contributed by atoms with van der Waals surface area (Å²) in [4.78, 5) is 4.12. The van der Waals surface area contributed by atoms with E-state index in [4.69, 9.17) is 4.74 Å². The first-order chi connectivity index (χ1) is 9.45. The molecule has 0 bridgehead atoms. The molecule has 0 radical (unpaired) electrons. The first kappa shape index (κ1) is 15.9. The average molecular weight is 366 g/mol. The maximum absolute atomic E-state index is 12.5. The van der Waals surface area contributed by atoms with Crippen molar-refractivity contribution in [3.63, 3.8) is 0 Å². The van der Waals surface area contributed by atoms with Gasteiger partial charge in [-0.15, -0.1) is 0 Å². The van der Waals surface area contributed by atoms with Crippen molar-refractivity contribution in [3.8, 4) is 0 Å². The van der Waals surface area contributed by atoms with Gasteiger partial charge in [-0.3, -0.25) is 0 Å². The summed E-state index contributed by atoms with van der Waals surface area (Å²) >= 11 is 3.32. The van der Waals surface area contributed by atoms with Crippen LogP contribution in [-0.2, 0) is 21.8 Å². The Bertz CT molecular complexity index is 531. The number of aryl methyl sites for hydroxylation is 2. The van der Waals surface area contributed by atoms with E-state index in [1.807, 2.05) is 0 Å². The molecule has 2 heterocycles. The van der Waals surface area contributed by atoms with Crippen LogP contribution in [0.15, 0.2) is 11.2 Å². The lowest BCUT2D eigenvalue weighted by molar-refractivity contribution is 0.0309. The molecule has 0 spiro atoms.